The number of hydrogen-bond donors (Lipinski definition) is 1. The Morgan fingerprint density at radius 1 is 1.18 bits per heavy atom. The Balaban J connectivity index is 1.66. The van der Waals surface area contributed by atoms with Crippen LogP contribution in [0.3, 0.4) is 0 Å². The molecule has 0 bridgehead atoms. The van der Waals surface area contributed by atoms with Gasteiger partial charge < -0.3 is 10.2 Å². The van der Waals surface area contributed by atoms with E-state index in [9.17, 15) is 4.79 Å². The minimum absolute atomic E-state index is 0.211. The van der Waals surface area contributed by atoms with E-state index >= 15 is 0 Å². The van der Waals surface area contributed by atoms with Crippen LogP contribution in [0.15, 0.2) is 54.6 Å². The summed E-state index contributed by atoms with van der Waals surface area (Å²) in [5.41, 5.74) is 4.38. The highest BCUT2D eigenvalue weighted by Crippen LogP contribution is 2.36. The molecule has 0 radical (unpaired) electrons. The van der Waals surface area contributed by atoms with Gasteiger partial charge in [-0.25, -0.2) is 9.97 Å². The van der Waals surface area contributed by atoms with Crippen LogP contribution in [0.2, 0.25) is 0 Å². The van der Waals surface area contributed by atoms with Crippen molar-refractivity contribution in [2.24, 2.45) is 0 Å². The molecule has 3 aromatic rings. The van der Waals surface area contributed by atoms with Crippen LogP contribution in [-0.4, -0.2) is 21.9 Å². The smallest absolute Gasteiger partial charge is 0.274 e. The highest BCUT2D eigenvalue weighted by atomic mass is 16.1. The molecule has 1 amide bonds. The molecule has 4 rings (SSSR count). The van der Waals surface area contributed by atoms with Gasteiger partial charge in [-0.15, -0.1) is 0 Å². The number of aromatic nitrogens is 2. The number of nitriles is 1. The average Bonchev–Trinajstić information content (AvgIpc) is 3.03. The molecular formula is C22H19N5O. The summed E-state index contributed by atoms with van der Waals surface area (Å²) < 4.78 is 0. The van der Waals surface area contributed by atoms with E-state index in [0.717, 1.165) is 17.8 Å². The van der Waals surface area contributed by atoms with E-state index in [4.69, 9.17) is 5.26 Å². The Labute approximate surface area is 163 Å². The normalized spacial score (nSPS) is 15.0. The lowest BCUT2D eigenvalue weighted by Crippen LogP contribution is -2.27. The third-order valence-corrected chi connectivity index (χ3v) is 4.75. The average molecular weight is 369 g/mol. The largest absolute Gasteiger partial charge is 0.321 e. The summed E-state index contributed by atoms with van der Waals surface area (Å²) in [6, 6.07) is 18.9. The maximum Gasteiger partial charge on any atom is 0.274 e. The van der Waals surface area contributed by atoms with E-state index < -0.39 is 0 Å². The molecular weight excluding hydrogens is 350 g/mol. The van der Waals surface area contributed by atoms with Crippen molar-refractivity contribution in [3.8, 4) is 6.07 Å². The SMILES string of the molecule is Cc1cc(C(=O)Nc2cccc(C#N)c2)nc(N2c3ccccc3CC2C)n1. The van der Waals surface area contributed by atoms with E-state index in [1.165, 1.54) is 5.56 Å². The first-order valence-electron chi connectivity index (χ1n) is 9.09. The van der Waals surface area contributed by atoms with Crippen molar-refractivity contribution in [3.05, 3.63) is 77.1 Å². The van der Waals surface area contributed by atoms with Crippen molar-refractivity contribution in [3.63, 3.8) is 0 Å². The maximum absolute atomic E-state index is 12.8. The predicted octanol–water partition coefficient (Wildman–Crippen LogP) is 3.99. The number of benzene rings is 2. The van der Waals surface area contributed by atoms with E-state index in [-0.39, 0.29) is 11.9 Å². The molecule has 0 saturated heterocycles. The van der Waals surface area contributed by atoms with Crippen LogP contribution in [0.4, 0.5) is 17.3 Å². The third kappa shape index (κ3) is 3.30. The summed E-state index contributed by atoms with van der Waals surface area (Å²) in [4.78, 5) is 24.0. The number of carbonyl (C=O) groups is 1. The molecule has 0 fully saturated rings. The van der Waals surface area contributed by atoms with Crippen LogP contribution in [0, 0.1) is 18.3 Å². The molecule has 2 aromatic carbocycles. The Kier molecular flexibility index (Phi) is 4.50. The number of rotatable bonds is 3. The first-order valence-corrected chi connectivity index (χ1v) is 9.09. The van der Waals surface area contributed by atoms with Gasteiger partial charge in [-0.3, -0.25) is 4.79 Å². The van der Waals surface area contributed by atoms with Gasteiger partial charge in [0.15, 0.2) is 0 Å². The summed E-state index contributed by atoms with van der Waals surface area (Å²) in [5.74, 6) is 0.190. The molecule has 1 aliphatic rings. The van der Waals surface area contributed by atoms with Crippen molar-refractivity contribution in [1.82, 2.24) is 9.97 Å². The Hall–Kier alpha value is -3.72. The number of para-hydroxylation sites is 1. The maximum atomic E-state index is 12.8. The number of nitrogens with one attached hydrogen (secondary N) is 1. The van der Waals surface area contributed by atoms with Gasteiger partial charge >= 0.3 is 0 Å². The Morgan fingerprint density at radius 3 is 2.82 bits per heavy atom. The Bertz CT molecular complexity index is 1100. The number of fused-ring (bicyclic) bond motifs is 1. The summed E-state index contributed by atoms with van der Waals surface area (Å²) in [5, 5.41) is 11.8. The molecule has 2 heterocycles. The highest BCUT2D eigenvalue weighted by Gasteiger charge is 2.29. The first kappa shape index (κ1) is 17.7. The lowest BCUT2D eigenvalue weighted by Gasteiger charge is -2.23. The lowest BCUT2D eigenvalue weighted by atomic mass is 10.1. The van der Waals surface area contributed by atoms with Gasteiger partial charge in [0.2, 0.25) is 5.95 Å². The molecule has 1 aromatic heterocycles. The van der Waals surface area contributed by atoms with Crippen LogP contribution < -0.4 is 10.2 Å². The second kappa shape index (κ2) is 7.12. The van der Waals surface area contributed by atoms with E-state index in [1.807, 2.05) is 19.1 Å². The fourth-order valence-electron chi connectivity index (χ4n) is 3.51. The second-order valence-electron chi connectivity index (χ2n) is 6.89. The molecule has 1 atom stereocenters. The quantitative estimate of drug-likeness (QED) is 0.755. The third-order valence-electron chi connectivity index (χ3n) is 4.75. The molecule has 0 spiro atoms. The molecule has 1 aliphatic heterocycles. The van der Waals surface area contributed by atoms with Crippen molar-refractivity contribution in [2.45, 2.75) is 26.3 Å². The molecule has 1 unspecified atom stereocenters. The zero-order chi connectivity index (χ0) is 19.7. The summed E-state index contributed by atoms with van der Waals surface area (Å²) in [6.07, 6.45) is 0.913. The number of aryl methyl sites for hydroxylation is 1. The minimum atomic E-state index is -0.332. The fourth-order valence-corrected chi connectivity index (χ4v) is 3.51. The predicted molar refractivity (Wildman–Crippen MR) is 108 cm³/mol. The van der Waals surface area contributed by atoms with Crippen molar-refractivity contribution in [2.75, 3.05) is 10.2 Å². The van der Waals surface area contributed by atoms with Crippen LogP contribution in [0.5, 0.6) is 0 Å². The van der Waals surface area contributed by atoms with E-state index in [2.05, 4.69) is 45.3 Å². The Morgan fingerprint density at radius 2 is 2.00 bits per heavy atom. The van der Waals surface area contributed by atoms with Crippen LogP contribution in [0.25, 0.3) is 0 Å². The monoisotopic (exact) mass is 369 g/mol. The number of carbonyl (C=O) groups excluding carboxylic acids is 1. The highest BCUT2D eigenvalue weighted by molar-refractivity contribution is 6.03. The summed E-state index contributed by atoms with van der Waals surface area (Å²) >= 11 is 0. The van der Waals surface area contributed by atoms with Gasteiger partial charge in [0.05, 0.1) is 11.6 Å². The van der Waals surface area contributed by atoms with Gasteiger partial charge in [0.25, 0.3) is 5.91 Å². The molecule has 138 valence electrons. The van der Waals surface area contributed by atoms with Crippen molar-refractivity contribution in [1.29, 1.82) is 5.26 Å². The van der Waals surface area contributed by atoms with Crippen molar-refractivity contribution < 1.29 is 4.79 Å². The summed E-state index contributed by atoms with van der Waals surface area (Å²) in [6.45, 7) is 3.98. The lowest BCUT2D eigenvalue weighted by molar-refractivity contribution is 0.102. The molecule has 6 heteroatoms. The molecule has 6 nitrogen and oxygen atoms in total. The number of amides is 1. The zero-order valence-electron chi connectivity index (χ0n) is 15.7. The first-order chi connectivity index (χ1) is 13.5. The van der Waals surface area contributed by atoms with Gasteiger partial charge in [0.1, 0.15) is 5.69 Å². The van der Waals surface area contributed by atoms with Crippen LogP contribution in [0.1, 0.15) is 34.2 Å². The number of anilines is 3. The topological polar surface area (TPSA) is 81.9 Å². The zero-order valence-corrected chi connectivity index (χ0v) is 15.7. The molecule has 1 N–H and O–H groups in total. The van der Waals surface area contributed by atoms with Crippen LogP contribution in [-0.2, 0) is 6.42 Å². The van der Waals surface area contributed by atoms with Gasteiger partial charge in [-0.05, 0) is 56.2 Å². The number of hydrogen-bond acceptors (Lipinski definition) is 5. The second-order valence-corrected chi connectivity index (χ2v) is 6.89. The van der Waals surface area contributed by atoms with Gasteiger partial charge in [-0.1, -0.05) is 24.3 Å². The van der Waals surface area contributed by atoms with E-state index in [0.29, 0.717) is 22.9 Å². The molecule has 0 saturated carbocycles. The standard InChI is InChI=1S/C22H19N5O/c1-14-10-19(21(28)25-18-8-5-6-16(12-18)13-23)26-22(24-14)27-15(2)11-17-7-3-4-9-20(17)27/h3-10,12,15H,11H2,1-2H3,(H,25,28). The van der Waals surface area contributed by atoms with Gasteiger partial charge in [-0.2, -0.15) is 5.26 Å². The molecule has 28 heavy (non-hydrogen) atoms. The van der Waals surface area contributed by atoms with Gasteiger partial charge in [0, 0.05) is 23.1 Å². The summed E-state index contributed by atoms with van der Waals surface area (Å²) in [7, 11) is 0. The minimum Gasteiger partial charge on any atom is -0.321 e. The fraction of sp³-hybridized carbons (Fsp3) is 0.182. The molecule has 0 aliphatic carbocycles. The number of nitrogens with zero attached hydrogens (tertiary/aromatic N) is 4. The van der Waals surface area contributed by atoms with E-state index in [1.54, 1.807) is 30.3 Å². The van der Waals surface area contributed by atoms with Crippen molar-refractivity contribution >= 4 is 23.2 Å². The van der Waals surface area contributed by atoms with Crippen LogP contribution >= 0.6 is 0 Å².